The molecule has 1 aliphatic rings. The van der Waals surface area contributed by atoms with Crippen LogP contribution in [0.2, 0.25) is 5.02 Å². The summed E-state index contributed by atoms with van der Waals surface area (Å²) >= 11 is 5.77. The van der Waals surface area contributed by atoms with E-state index in [0.717, 1.165) is 5.56 Å². The van der Waals surface area contributed by atoms with Crippen LogP contribution in [-0.2, 0) is 5.54 Å². The molecule has 24 heavy (non-hydrogen) atoms. The number of hydrogen-bond acceptors (Lipinski definition) is 4. The first-order chi connectivity index (χ1) is 11.4. The number of aliphatic hydroxyl groups excluding tert-OH is 1. The summed E-state index contributed by atoms with van der Waals surface area (Å²) in [6.07, 6.45) is 1.41. The Bertz CT molecular complexity index is 713. The van der Waals surface area contributed by atoms with Gasteiger partial charge in [-0.1, -0.05) is 41.9 Å². The highest BCUT2D eigenvalue weighted by atomic mass is 35.5. The third kappa shape index (κ3) is 2.88. The van der Waals surface area contributed by atoms with E-state index in [1.165, 1.54) is 12.3 Å². The summed E-state index contributed by atoms with van der Waals surface area (Å²) in [5, 5.41) is 11.2. The highest BCUT2D eigenvalue weighted by Crippen LogP contribution is 2.38. The Kier molecular flexibility index (Phi) is 4.76. The Hall–Kier alpha value is -1.69. The second kappa shape index (κ2) is 6.67. The minimum Gasteiger partial charge on any atom is -0.389 e. The maximum absolute atomic E-state index is 14.2. The molecule has 1 fully saturated rings. The van der Waals surface area contributed by atoms with Gasteiger partial charge in [-0.15, -0.1) is 0 Å². The summed E-state index contributed by atoms with van der Waals surface area (Å²) in [6, 6.07) is 11.2. The van der Waals surface area contributed by atoms with Crippen molar-refractivity contribution in [3.8, 4) is 0 Å². The Morgan fingerprint density at radius 3 is 2.62 bits per heavy atom. The molecule has 1 N–H and O–H groups in total. The number of hydrogen-bond donors (Lipinski definition) is 1. The first kappa shape index (κ1) is 17.1. The van der Waals surface area contributed by atoms with Gasteiger partial charge < -0.3 is 10.0 Å². The Morgan fingerprint density at radius 2 is 2.04 bits per heavy atom. The number of aliphatic hydroxyl groups is 1. The average molecular weight is 350 g/mol. The van der Waals surface area contributed by atoms with Gasteiger partial charge in [-0.05, 0) is 32.1 Å². The van der Waals surface area contributed by atoms with Crippen LogP contribution < -0.4 is 4.90 Å². The smallest absolute Gasteiger partial charge is 0.167 e. The molecule has 0 aliphatic carbocycles. The highest BCUT2D eigenvalue weighted by molar-refractivity contribution is 6.30. The summed E-state index contributed by atoms with van der Waals surface area (Å²) < 4.78 is 14.2. The lowest BCUT2D eigenvalue weighted by Crippen LogP contribution is -2.60. The minimum absolute atomic E-state index is 0.235. The molecular formula is C18H21ClFN3O. The molecule has 3 rings (SSSR count). The summed E-state index contributed by atoms with van der Waals surface area (Å²) in [5.41, 5.74) is 0.562. The summed E-state index contributed by atoms with van der Waals surface area (Å²) in [5.74, 6) is -0.231. The van der Waals surface area contributed by atoms with Gasteiger partial charge in [-0.25, -0.2) is 9.37 Å². The summed E-state index contributed by atoms with van der Waals surface area (Å²) in [4.78, 5) is 7.93. The van der Waals surface area contributed by atoms with Gasteiger partial charge in [0, 0.05) is 19.3 Å². The maximum Gasteiger partial charge on any atom is 0.167 e. The van der Waals surface area contributed by atoms with Crippen LogP contribution >= 0.6 is 11.6 Å². The van der Waals surface area contributed by atoms with E-state index in [1.807, 2.05) is 44.4 Å². The molecule has 0 unspecified atom stereocenters. The van der Waals surface area contributed by atoms with Crippen LogP contribution in [0.1, 0.15) is 12.0 Å². The predicted octanol–water partition coefficient (Wildman–Crippen LogP) is 2.90. The number of aromatic nitrogens is 1. The van der Waals surface area contributed by atoms with Crippen LogP contribution in [0.5, 0.6) is 0 Å². The second-order valence-corrected chi connectivity index (χ2v) is 6.79. The van der Waals surface area contributed by atoms with Crippen LogP contribution in [-0.4, -0.2) is 48.3 Å². The van der Waals surface area contributed by atoms with E-state index < -0.39 is 17.5 Å². The lowest BCUT2D eigenvalue weighted by molar-refractivity contribution is -0.0248. The van der Waals surface area contributed by atoms with Crippen molar-refractivity contribution in [1.82, 2.24) is 9.88 Å². The van der Waals surface area contributed by atoms with Crippen molar-refractivity contribution >= 4 is 17.4 Å². The van der Waals surface area contributed by atoms with E-state index in [1.54, 1.807) is 4.90 Å². The average Bonchev–Trinajstić information content (AvgIpc) is 2.55. The third-order valence-electron chi connectivity index (χ3n) is 4.87. The molecule has 1 aromatic carbocycles. The Labute approximate surface area is 146 Å². The first-order valence-corrected chi connectivity index (χ1v) is 8.30. The minimum atomic E-state index is -0.680. The molecule has 0 saturated carbocycles. The molecule has 0 spiro atoms. The van der Waals surface area contributed by atoms with Crippen molar-refractivity contribution in [3.05, 3.63) is 59.0 Å². The molecule has 1 saturated heterocycles. The Balaban J connectivity index is 1.91. The number of likely N-dealkylation sites (N-methyl/N-ethyl adjacent to an activating group) is 1. The van der Waals surface area contributed by atoms with Crippen LogP contribution in [0, 0.1) is 5.82 Å². The lowest BCUT2D eigenvalue weighted by atomic mass is 9.77. The van der Waals surface area contributed by atoms with Gasteiger partial charge in [0.05, 0.1) is 16.7 Å². The van der Waals surface area contributed by atoms with E-state index in [-0.39, 0.29) is 10.8 Å². The molecule has 1 aromatic heterocycles. The van der Waals surface area contributed by atoms with Crippen LogP contribution in [0.15, 0.2) is 42.6 Å². The third-order valence-corrected chi connectivity index (χ3v) is 5.07. The number of nitrogens with zero attached hydrogens (tertiary/aromatic N) is 3. The zero-order valence-electron chi connectivity index (χ0n) is 13.8. The highest BCUT2D eigenvalue weighted by Gasteiger charge is 2.46. The molecule has 128 valence electrons. The zero-order chi connectivity index (χ0) is 17.3. The van der Waals surface area contributed by atoms with E-state index in [0.29, 0.717) is 19.5 Å². The largest absolute Gasteiger partial charge is 0.389 e. The molecule has 0 radical (unpaired) electrons. The normalized spacial score (nSPS) is 24.4. The molecule has 4 nitrogen and oxygen atoms in total. The van der Waals surface area contributed by atoms with Crippen LogP contribution in [0.3, 0.4) is 0 Å². The first-order valence-electron chi connectivity index (χ1n) is 7.92. The predicted molar refractivity (Wildman–Crippen MR) is 93.8 cm³/mol. The van der Waals surface area contributed by atoms with Crippen molar-refractivity contribution < 1.29 is 9.50 Å². The van der Waals surface area contributed by atoms with Gasteiger partial charge in [-0.2, -0.15) is 0 Å². The maximum atomic E-state index is 14.2. The molecule has 1 aliphatic heterocycles. The quantitative estimate of drug-likeness (QED) is 0.925. The van der Waals surface area contributed by atoms with Crippen molar-refractivity contribution in [2.24, 2.45) is 0 Å². The molecule has 2 heterocycles. The Morgan fingerprint density at radius 1 is 1.33 bits per heavy atom. The number of benzene rings is 1. The molecule has 2 aromatic rings. The topological polar surface area (TPSA) is 39.6 Å². The monoisotopic (exact) mass is 349 g/mol. The molecular weight excluding hydrogens is 329 g/mol. The fraction of sp³-hybridized carbons (Fsp3) is 0.389. The number of anilines is 1. The van der Waals surface area contributed by atoms with Crippen molar-refractivity contribution in [3.63, 3.8) is 0 Å². The van der Waals surface area contributed by atoms with E-state index >= 15 is 0 Å². The standard InChI is InChI=1S/C18H21ClFN3O/c1-22(2)18(13-6-4-3-5-7-13)8-9-23(12-16(18)24)17-15(20)10-14(19)11-21-17/h3-7,10-11,16,24H,8-9,12H2,1-2H3/t16-,18+/m1/s1. The number of rotatable bonds is 3. The van der Waals surface area contributed by atoms with Crippen molar-refractivity contribution in [2.45, 2.75) is 18.1 Å². The fourth-order valence-electron chi connectivity index (χ4n) is 3.60. The van der Waals surface area contributed by atoms with Crippen molar-refractivity contribution in [2.75, 3.05) is 32.1 Å². The molecule has 0 bridgehead atoms. The molecule has 0 amide bonds. The van der Waals surface area contributed by atoms with Gasteiger partial charge in [0.2, 0.25) is 0 Å². The van der Waals surface area contributed by atoms with Gasteiger partial charge in [0.25, 0.3) is 0 Å². The summed E-state index contributed by atoms with van der Waals surface area (Å²) in [6.45, 7) is 0.897. The van der Waals surface area contributed by atoms with E-state index in [9.17, 15) is 9.50 Å². The van der Waals surface area contributed by atoms with E-state index in [2.05, 4.69) is 9.88 Å². The van der Waals surface area contributed by atoms with Crippen molar-refractivity contribution in [1.29, 1.82) is 0 Å². The van der Waals surface area contributed by atoms with Gasteiger partial charge >= 0.3 is 0 Å². The lowest BCUT2D eigenvalue weighted by Gasteiger charge is -2.50. The molecule has 2 atom stereocenters. The van der Waals surface area contributed by atoms with Gasteiger partial charge in [0.1, 0.15) is 0 Å². The fourth-order valence-corrected chi connectivity index (χ4v) is 3.74. The number of halogens is 2. The molecule has 6 heteroatoms. The number of β-amino-alcohol motifs (C(OH)–C–C–N with tert-alkyl or cyclic N) is 1. The van der Waals surface area contributed by atoms with Gasteiger partial charge in [0.15, 0.2) is 11.6 Å². The van der Waals surface area contributed by atoms with Gasteiger partial charge in [-0.3, -0.25) is 4.90 Å². The summed E-state index contributed by atoms with van der Waals surface area (Å²) in [7, 11) is 3.93. The SMILES string of the molecule is CN(C)[C@]1(c2ccccc2)CCN(c2ncc(Cl)cc2F)C[C@H]1O. The van der Waals surface area contributed by atoms with Crippen LogP contribution in [0.4, 0.5) is 10.2 Å². The number of piperidine rings is 1. The zero-order valence-corrected chi connectivity index (χ0v) is 14.5. The van der Waals surface area contributed by atoms with Crippen LogP contribution in [0.25, 0.3) is 0 Å². The number of pyridine rings is 1. The van der Waals surface area contributed by atoms with E-state index in [4.69, 9.17) is 11.6 Å². The second-order valence-electron chi connectivity index (χ2n) is 6.36.